The predicted octanol–water partition coefficient (Wildman–Crippen LogP) is 1.66. The minimum atomic E-state index is -0.316. The van der Waals surface area contributed by atoms with E-state index in [9.17, 15) is 9.90 Å². The maximum Gasteiger partial charge on any atom is 0.148 e. The molecule has 17 heavy (non-hydrogen) atoms. The Morgan fingerprint density at radius 3 is 2.59 bits per heavy atom. The molecule has 2 rings (SSSR count). The molecule has 0 aromatic heterocycles. The lowest BCUT2D eigenvalue weighted by Gasteiger charge is -2.16. The molecule has 1 heterocycles. The van der Waals surface area contributed by atoms with Gasteiger partial charge in [-0.3, -0.25) is 0 Å². The van der Waals surface area contributed by atoms with E-state index in [4.69, 9.17) is 0 Å². The van der Waals surface area contributed by atoms with Crippen molar-refractivity contribution in [3.05, 3.63) is 35.5 Å². The van der Waals surface area contributed by atoms with Crippen LogP contribution < -0.4 is 0 Å². The number of carbonyl (C=O) groups excluding carboxylic acids is 1. The van der Waals surface area contributed by atoms with E-state index in [2.05, 4.69) is 4.99 Å². The van der Waals surface area contributed by atoms with Crippen molar-refractivity contribution < 1.29 is 9.90 Å². The molecule has 1 aromatic carbocycles. The topological polar surface area (TPSA) is 52.9 Å². The molecule has 0 bridgehead atoms. The SMILES string of the molecule is CC1=NC(=Cc2ccc(O)cc2)C(C=O)N1C. The van der Waals surface area contributed by atoms with E-state index in [1.807, 2.05) is 24.9 Å². The number of carbonyl (C=O) groups is 1. The Bertz CT molecular complexity index is 489. The van der Waals surface area contributed by atoms with Crippen LogP contribution in [0.3, 0.4) is 0 Å². The summed E-state index contributed by atoms with van der Waals surface area (Å²) in [6, 6.07) is 6.47. The highest BCUT2D eigenvalue weighted by Crippen LogP contribution is 2.21. The molecule has 0 amide bonds. The smallest absolute Gasteiger partial charge is 0.148 e. The molecule has 0 fully saturated rings. The Morgan fingerprint density at radius 2 is 2.00 bits per heavy atom. The second-order valence-corrected chi connectivity index (χ2v) is 4.01. The quantitative estimate of drug-likeness (QED) is 0.786. The summed E-state index contributed by atoms with van der Waals surface area (Å²) < 4.78 is 0. The zero-order valence-corrected chi connectivity index (χ0v) is 9.79. The van der Waals surface area contributed by atoms with Gasteiger partial charge in [0.15, 0.2) is 0 Å². The average Bonchev–Trinajstić information content (AvgIpc) is 2.58. The summed E-state index contributed by atoms with van der Waals surface area (Å²) in [4.78, 5) is 17.2. The van der Waals surface area contributed by atoms with E-state index >= 15 is 0 Å². The van der Waals surface area contributed by atoms with E-state index < -0.39 is 0 Å². The molecule has 1 unspecified atom stereocenters. The number of amidine groups is 1. The molecule has 0 saturated heterocycles. The predicted molar refractivity (Wildman–Crippen MR) is 66.8 cm³/mol. The van der Waals surface area contributed by atoms with Gasteiger partial charge in [-0.15, -0.1) is 0 Å². The summed E-state index contributed by atoms with van der Waals surface area (Å²) in [6.07, 6.45) is 2.73. The van der Waals surface area contributed by atoms with E-state index in [0.29, 0.717) is 0 Å². The molecule has 1 atom stereocenters. The maximum atomic E-state index is 11.0. The fourth-order valence-electron chi connectivity index (χ4n) is 1.75. The number of aromatic hydroxyl groups is 1. The zero-order chi connectivity index (χ0) is 12.4. The molecule has 4 heteroatoms. The Hall–Kier alpha value is -2.10. The molecule has 1 N–H and O–H groups in total. The van der Waals surface area contributed by atoms with Gasteiger partial charge in [-0.25, -0.2) is 4.99 Å². The number of benzene rings is 1. The van der Waals surface area contributed by atoms with Crippen molar-refractivity contribution in [1.82, 2.24) is 4.90 Å². The van der Waals surface area contributed by atoms with Crippen LogP contribution in [0.2, 0.25) is 0 Å². The van der Waals surface area contributed by atoms with Gasteiger partial charge in [0.2, 0.25) is 0 Å². The number of rotatable bonds is 2. The van der Waals surface area contributed by atoms with E-state index in [0.717, 1.165) is 23.4 Å². The molecule has 0 spiro atoms. The first-order valence-corrected chi connectivity index (χ1v) is 5.36. The van der Waals surface area contributed by atoms with Crippen molar-refractivity contribution in [3.63, 3.8) is 0 Å². The second kappa shape index (κ2) is 4.41. The second-order valence-electron chi connectivity index (χ2n) is 4.01. The number of phenols is 1. The van der Waals surface area contributed by atoms with Crippen LogP contribution >= 0.6 is 0 Å². The lowest BCUT2D eigenvalue weighted by atomic mass is 10.1. The third-order valence-electron chi connectivity index (χ3n) is 2.86. The van der Waals surface area contributed by atoms with E-state index in [1.54, 1.807) is 24.3 Å². The number of aldehydes is 1. The van der Waals surface area contributed by atoms with Crippen LogP contribution in [0.1, 0.15) is 12.5 Å². The Balaban J connectivity index is 2.33. The lowest BCUT2D eigenvalue weighted by molar-refractivity contribution is -0.109. The van der Waals surface area contributed by atoms with Crippen LogP contribution in [0.25, 0.3) is 6.08 Å². The van der Waals surface area contributed by atoms with Gasteiger partial charge in [-0.05, 0) is 30.7 Å². The molecule has 88 valence electrons. The van der Waals surface area contributed by atoms with Crippen molar-refractivity contribution in [3.8, 4) is 5.75 Å². The summed E-state index contributed by atoms with van der Waals surface area (Å²) in [7, 11) is 1.84. The van der Waals surface area contributed by atoms with Gasteiger partial charge in [0.25, 0.3) is 0 Å². The number of hydrogen-bond donors (Lipinski definition) is 1. The van der Waals surface area contributed by atoms with E-state index in [-0.39, 0.29) is 11.8 Å². The summed E-state index contributed by atoms with van der Waals surface area (Å²) in [5, 5.41) is 9.19. The van der Waals surface area contributed by atoms with Gasteiger partial charge in [0, 0.05) is 7.05 Å². The fourth-order valence-corrected chi connectivity index (χ4v) is 1.75. The standard InChI is InChI=1S/C13H14N2O2/c1-9-14-12(13(8-16)15(9)2)7-10-3-5-11(17)6-4-10/h3-8,13,17H,1-2H3. The molecule has 4 nitrogen and oxygen atoms in total. The lowest BCUT2D eigenvalue weighted by Crippen LogP contribution is -2.31. The fraction of sp³-hybridized carbons (Fsp3) is 0.231. The van der Waals surface area contributed by atoms with E-state index in [1.165, 1.54) is 0 Å². The van der Waals surface area contributed by atoms with Crippen LogP contribution in [0, 0.1) is 0 Å². The molecular weight excluding hydrogens is 216 g/mol. The van der Waals surface area contributed by atoms with Crippen LogP contribution in [-0.2, 0) is 4.79 Å². The van der Waals surface area contributed by atoms with Crippen molar-refractivity contribution >= 4 is 18.2 Å². The zero-order valence-electron chi connectivity index (χ0n) is 9.79. The van der Waals surface area contributed by atoms with Crippen molar-refractivity contribution in [2.45, 2.75) is 13.0 Å². The highest BCUT2D eigenvalue weighted by atomic mass is 16.3. The summed E-state index contributed by atoms with van der Waals surface area (Å²) >= 11 is 0. The number of nitrogens with zero attached hydrogens (tertiary/aromatic N) is 2. The van der Waals surface area contributed by atoms with Gasteiger partial charge in [0.05, 0.1) is 5.70 Å². The van der Waals surface area contributed by atoms with Gasteiger partial charge < -0.3 is 14.8 Å². The highest BCUT2D eigenvalue weighted by molar-refractivity contribution is 5.90. The summed E-state index contributed by atoms with van der Waals surface area (Å²) in [6.45, 7) is 1.87. The molecule has 1 aromatic rings. The molecular formula is C13H14N2O2. The molecule has 1 aliphatic heterocycles. The normalized spacial score (nSPS) is 21.8. The van der Waals surface area contributed by atoms with Crippen molar-refractivity contribution in [1.29, 1.82) is 0 Å². The van der Waals surface area contributed by atoms with Gasteiger partial charge in [-0.2, -0.15) is 0 Å². The minimum absolute atomic E-state index is 0.224. The van der Waals surface area contributed by atoms with Crippen LogP contribution in [0.15, 0.2) is 35.0 Å². The molecule has 0 radical (unpaired) electrons. The third kappa shape index (κ3) is 2.20. The number of phenolic OH excluding ortho intramolecular Hbond substituents is 1. The molecule has 1 aliphatic rings. The van der Waals surface area contributed by atoms with Gasteiger partial charge in [0.1, 0.15) is 23.9 Å². The number of likely N-dealkylation sites (N-methyl/N-ethyl adjacent to an activating group) is 1. The maximum absolute atomic E-state index is 11.0. The largest absolute Gasteiger partial charge is 0.508 e. The van der Waals surface area contributed by atoms with Crippen molar-refractivity contribution in [2.75, 3.05) is 7.05 Å². The Kier molecular flexibility index (Phi) is 2.95. The first-order valence-electron chi connectivity index (χ1n) is 5.36. The van der Waals surface area contributed by atoms with Crippen molar-refractivity contribution in [2.24, 2.45) is 4.99 Å². The summed E-state index contributed by atoms with van der Waals surface area (Å²) in [5.41, 5.74) is 1.64. The van der Waals surface area contributed by atoms with Gasteiger partial charge >= 0.3 is 0 Å². The number of hydrogen-bond acceptors (Lipinski definition) is 4. The summed E-state index contributed by atoms with van der Waals surface area (Å²) in [5.74, 6) is 1.05. The highest BCUT2D eigenvalue weighted by Gasteiger charge is 2.25. The Morgan fingerprint density at radius 1 is 1.35 bits per heavy atom. The van der Waals surface area contributed by atoms with Crippen LogP contribution in [-0.4, -0.2) is 35.2 Å². The third-order valence-corrected chi connectivity index (χ3v) is 2.86. The average molecular weight is 230 g/mol. The van der Waals surface area contributed by atoms with Gasteiger partial charge in [-0.1, -0.05) is 12.1 Å². The monoisotopic (exact) mass is 230 g/mol. The first kappa shape index (κ1) is 11.4. The molecule has 0 aliphatic carbocycles. The van der Waals surface area contributed by atoms with Crippen LogP contribution in [0.5, 0.6) is 5.75 Å². The number of aliphatic imine (C=N–C) groups is 1. The molecule has 0 saturated carbocycles. The Labute approximate surface area is 99.9 Å². The van der Waals surface area contributed by atoms with Crippen LogP contribution in [0.4, 0.5) is 0 Å². The minimum Gasteiger partial charge on any atom is -0.508 e. The first-order chi connectivity index (χ1) is 8.11.